The molecule has 2 nitrogen and oxygen atoms in total. The van der Waals surface area contributed by atoms with Crippen molar-refractivity contribution in [2.24, 2.45) is 0 Å². The van der Waals surface area contributed by atoms with E-state index in [0.717, 1.165) is 5.69 Å². The van der Waals surface area contributed by atoms with Crippen LogP contribution in [0.3, 0.4) is 0 Å². The molecule has 2 aromatic rings. The van der Waals surface area contributed by atoms with E-state index in [1.807, 2.05) is 13.1 Å². The van der Waals surface area contributed by atoms with Crippen LogP contribution in [0.15, 0.2) is 12.3 Å². The molecule has 0 saturated carbocycles. The van der Waals surface area contributed by atoms with Crippen LogP contribution in [0.5, 0.6) is 0 Å². The number of aryl methyl sites for hydroxylation is 3. The summed E-state index contributed by atoms with van der Waals surface area (Å²) < 4.78 is 0. The second kappa shape index (κ2) is 2.84. The van der Waals surface area contributed by atoms with E-state index in [1.54, 1.807) is 0 Å². The van der Waals surface area contributed by atoms with Gasteiger partial charge in [-0.2, -0.15) is 0 Å². The minimum Gasteiger partial charge on any atom is -0.358 e. The fourth-order valence-corrected chi connectivity index (χ4v) is 2.41. The molecule has 0 fully saturated rings. The first kappa shape index (κ1) is 8.04. The summed E-state index contributed by atoms with van der Waals surface area (Å²) in [5, 5.41) is 1.34. The lowest BCUT2D eigenvalue weighted by Gasteiger charge is -2.09. The summed E-state index contributed by atoms with van der Waals surface area (Å²) in [5.41, 5.74) is 5.32. The summed E-state index contributed by atoms with van der Waals surface area (Å²) in [5.74, 6) is 0. The van der Waals surface area contributed by atoms with Gasteiger partial charge in [-0.15, -0.1) is 0 Å². The van der Waals surface area contributed by atoms with Crippen molar-refractivity contribution in [1.82, 2.24) is 9.97 Å². The van der Waals surface area contributed by atoms with Crippen LogP contribution in [0.25, 0.3) is 10.9 Å². The maximum Gasteiger partial charge on any atom is 0.0492 e. The Morgan fingerprint density at radius 2 is 2.14 bits per heavy atom. The molecule has 1 N–H and O–H groups in total. The number of aromatic amines is 1. The number of pyridine rings is 1. The zero-order valence-electron chi connectivity index (χ0n) is 8.43. The molecule has 1 aliphatic rings. The second-order valence-corrected chi connectivity index (χ2v) is 4.16. The van der Waals surface area contributed by atoms with Crippen molar-refractivity contribution in [3.8, 4) is 0 Å². The Labute approximate surface area is 83.4 Å². The van der Waals surface area contributed by atoms with Crippen LogP contribution in [0.1, 0.15) is 29.8 Å². The minimum absolute atomic E-state index is 1.09. The van der Waals surface area contributed by atoms with E-state index in [0.29, 0.717) is 0 Å². The molecule has 0 aliphatic heterocycles. The SMILES string of the molecule is Cc1cc2[nH]c3c(c2cn1)CCCC3. The Balaban J connectivity index is 2.31. The summed E-state index contributed by atoms with van der Waals surface area (Å²) in [7, 11) is 0. The lowest BCUT2D eigenvalue weighted by atomic mass is 9.96. The first-order valence-electron chi connectivity index (χ1n) is 5.30. The predicted octanol–water partition coefficient (Wildman–Crippen LogP) is 2.75. The molecule has 0 spiro atoms. The number of nitrogens with one attached hydrogen (secondary N) is 1. The maximum atomic E-state index is 4.37. The zero-order valence-corrected chi connectivity index (χ0v) is 8.43. The number of hydrogen-bond acceptors (Lipinski definition) is 1. The van der Waals surface area contributed by atoms with Crippen molar-refractivity contribution in [2.75, 3.05) is 0 Å². The number of H-pyrrole nitrogens is 1. The van der Waals surface area contributed by atoms with Crippen LogP contribution in [-0.4, -0.2) is 9.97 Å². The van der Waals surface area contributed by atoms with E-state index in [4.69, 9.17) is 0 Å². The largest absolute Gasteiger partial charge is 0.358 e. The molecule has 2 heterocycles. The minimum atomic E-state index is 1.09. The lowest BCUT2D eigenvalue weighted by molar-refractivity contribution is 0.680. The van der Waals surface area contributed by atoms with E-state index in [1.165, 1.54) is 47.8 Å². The van der Waals surface area contributed by atoms with E-state index in [9.17, 15) is 0 Å². The van der Waals surface area contributed by atoms with Crippen molar-refractivity contribution in [1.29, 1.82) is 0 Å². The van der Waals surface area contributed by atoms with Crippen LogP contribution in [0, 0.1) is 6.92 Å². The average Bonchev–Trinajstić information content (AvgIpc) is 2.54. The van der Waals surface area contributed by atoms with Crippen LogP contribution in [0.2, 0.25) is 0 Å². The van der Waals surface area contributed by atoms with Crippen molar-refractivity contribution >= 4 is 10.9 Å². The van der Waals surface area contributed by atoms with Crippen molar-refractivity contribution in [2.45, 2.75) is 32.6 Å². The number of aromatic nitrogens is 2. The highest BCUT2D eigenvalue weighted by Crippen LogP contribution is 2.28. The number of rotatable bonds is 0. The number of nitrogens with zero attached hydrogens (tertiary/aromatic N) is 1. The van der Waals surface area contributed by atoms with Crippen LogP contribution < -0.4 is 0 Å². The predicted molar refractivity (Wildman–Crippen MR) is 57.5 cm³/mol. The third kappa shape index (κ3) is 1.07. The fourth-order valence-electron chi connectivity index (χ4n) is 2.41. The molecule has 2 aromatic heterocycles. The van der Waals surface area contributed by atoms with Crippen LogP contribution >= 0.6 is 0 Å². The summed E-state index contributed by atoms with van der Waals surface area (Å²) in [6, 6.07) is 2.15. The Bertz CT molecular complexity index is 482. The maximum absolute atomic E-state index is 4.37. The Morgan fingerprint density at radius 3 is 3.07 bits per heavy atom. The molecule has 0 saturated heterocycles. The smallest absolute Gasteiger partial charge is 0.0492 e. The van der Waals surface area contributed by atoms with Gasteiger partial charge in [0.1, 0.15) is 0 Å². The van der Waals surface area contributed by atoms with Gasteiger partial charge in [-0.05, 0) is 44.2 Å². The third-order valence-corrected chi connectivity index (χ3v) is 3.12. The van der Waals surface area contributed by atoms with Gasteiger partial charge in [-0.25, -0.2) is 0 Å². The van der Waals surface area contributed by atoms with Gasteiger partial charge in [0.15, 0.2) is 0 Å². The first-order chi connectivity index (χ1) is 6.84. The van der Waals surface area contributed by atoms with E-state index < -0.39 is 0 Å². The van der Waals surface area contributed by atoms with Gasteiger partial charge >= 0.3 is 0 Å². The highest BCUT2D eigenvalue weighted by atomic mass is 14.8. The number of fused-ring (bicyclic) bond motifs is 3. The normalized spacial score (nSPS) is 15.8. The van der Waals surface area contributed by atoms with Gasteiger partial charge < -0.3 is 4.98 Å². The monoisotopic (exact) mass is 186 g/mol. The molecule has 0 aromatic carbocycles. The standard InChI is InChI=1S/C12H14N2/c1-8-6-12-10(7-13-8)9-4-2-3-5-11(9)14-12/h6-7,14H,2-5H2,1H3. The van der Waals surface area contributed by atoms with Gasteiger partial charge in [-0.3, -0.25) is 4.98 Å². The second-order valence-electron chi connectivity index (χ2n) is 4.16. The van der Waals surface area contributed by atoms with Crippen molar-refractivity contribution in [3.63, 3.8) is 0 Å². The molecule has 3 rings (SSSR count). The fraction of sp³-hybridized carbons (Fsp3) is 0.417. The molecule has 1 aliphatic carbocycles. The molecule has 0 bridgehead atoms. The average molecular weight is 186 g/mol. The van der Waals surface area contributed by atoms with E-state index in [-0.39, 0.29) is 0 Å². The Morgan fingerprint density at radius 1 is 1.29 bits per heavy atom. The summed E-state index contributed by atoms with van der Waals surface area (Å²) in [4.78, 5) is 7.88. The molecule has 0 amide bonds. The quantitative estimate of drug-likeness (QED) is 0.673. The molecule has 0 unspecified atom stereocenters. The van der Waals surface area contributed by atoms with Gasteiger partial charge in [-0.1, -0.05) is 0 Å². The van der Waals surface area contributed by atoms with Gasteiger partial charge in [0.05, 0.1) is 0 Å². The Kier molecular flexibility index (Phi) is 1.63. The van der Waals surface area contributed by atoms with Crippen molar-refractivity contribution < 1.29 is 0 Å². The molecule has 2 heteroatoms. The topological polar surface area (TPSA) is 28.7 Å². The molecule has 14 heavy (non-hydrogen) atoms. The summed E-state index contributed by atoms with van der Waals surface area (Å²) in [6.07, 6.45) is 7.11. The molecular formula is C12H14N2. The van der Waals surface area contributed by atoms with E-state index >= 15 is 0 Å². The van der Waals surface area contributed by atoms with Crippen LogP contribution in [-0.2, 0) is 12.8 Å². The van der Waals surface area contributed by atoms with Crippen molar-refractivity contribution in [3.05, 3.63) is 29.2 Å². The zero-order chi connectivity index (χ0) is 9.54. The molecular weight excluding hydrogens is 172 g/mol. The highest BCUT2D eigenvalue weighted by Gasteiger charge is 2.14. The summed E-state index contributed by atoms with van der Waals surface area (Å²) in [6.45, 7) is 2.04. The molecule has 72 valence electrons. The van der Waals surface area contributed by atoms with Gasteiger partial charge in [0, 0.05) is 28.5 Å². The highest BCUT2D eigenvalue weighted by molar-refractivity contribution is 5.84. The van der Waals surface area contributed by atoms with Crippen LogP contribution in [0.4, 0.5) is 0 Å². The summed E-state index contributed by atoms with van der Waals surface area (Å²) >= 11 is 0. The molecule has 0 radical (unpaired) electrons. The molecule has 0 atom stereocenters. The van der Waals surface area contributed by atoms with Gasteiger partial charge in [0.2, 0.25) is 0 Å². The van der Waals surface area contributed by atoms with E-state index in [2.05, 4.69) is 16.0 Å². The number of hydrogen-bond donors (Lipinski definition) is 1. The Hall–Kier alpha value is -1.31. The lowest BCUT2D eigenvalue weighted by Crippen LogP contribution is -1.99. The van der Waals surface area contributed by atoms with Gasteiger partial charge in [0.25, 0.3) is 0 Å². The first-order valence-corrected chi connectivity index (χ1v) is 5.30. The third-order valence-electron chi connectivity index (χ3n) is 3.12.